The zero-order chi connectivity index (χ0) is 20.6. The van der Waals surface area contributed by atoms with Gasteiger partial charge in [0.1, 0.15) is 0 Å². The molecule has 5 aliphatic rings. The summed E-state index contributed by atoms with van der Waals surface area (Å²) in [5.74, 6) is 2.32. The van der Waals surface area contributed by atoms with E-state index in [0.29, 0.717) is 19.1 Å². The lowest BCUT2D eigenvalue weighted by atomic mass is 9.86. The van der Waals surface area contributed by atoms with E-state index in [-0.39, 0.29) is 23.7 Å². The van der Waals surface area contributed by atoms with Crippen molar-refractivity contribution in [3.63, 3.8) is 0 Å². The van der Waals surface area contributed by atoms with Crippen molar-refractivity contribution in [1.29, 1.82) is 0 Å². The summed E-state index contributed by atoms with van der Waals surface area (Å²) in [7, 11) is 0. The molecule has 2 saturated carbocycles. The van der Waals surface area contributed by atoms with Crippen LogP contribution in [-0.4, -0.2) is 63.2 Å². The van der Waals surface area contributed by atoms with Gasteiger partial charge in [-0.2, -0.15) is 13.2 Å². The second-order valence-electron chi connectivity index (χ2n) is 9.11. The van der Waals surface area contributed by atoms with E-state index in [1.165, 1.54) is 17.7 Å². The van der Waals surface area contributed by atoms with Crippen LogP contribution in [0.5, 0.6) is 0 Å². The fraction of sp³-hybridized carbons (Fsp3) is 0.600. The molecule has 7 nitrogen and oxygen atoms in total. The van der Waals surface area contributed by atoms with Crippen LogP contribution in [0.15, 0.2) is 18.5 Å². The van der Waals surface area contributed by atoms with Gasteiger partial charge in [0.25, 0.3) is 0 Å². The van der Waals surface area contributed by atoms with E-state index >= 15 is 0 Å². The van der Waals surface area contributed by atoms with E-state index in [1.807, 2.05) is 6.07 Å². The Bertz CT molecular complexity index is 961. The van der Waals surface area contributed by atoms with Crippen molar-refractivity contribution in [2.24, 2.45) is 17.8 Å². The number of aromatic nitrogens is 4. The van der Waals surface area contributed by atoms with Gasteiger partial charge in [-0.05, 0) is 36.7 Å². The van der Waals surface area contributed by atoms with Crippen LogP contribution in [-0.2, 0) is 0 Å². The third-order valence-electron chi connectivity index (χ3n) is 7.08. The van der Waals surface area contributed by atoms with Gasteiger partial charge in [0.15, 0.2) is 0 Å². The van der Waals surface area contributed by atoms with Crippen molar-refractivity contribution < 1.29 is 13.2 Å². The predicted molar refractivity (Wildman–Crippen MR) is 104 cm³/mol. The Morgan fingerprint density at radius 1 is 1.03 bits per heavy atom. The lowest BCUT2D eigenvalue weighted by Gasteiger charge is -2.26. The highest BCUT2D eigenvalue weighted by molar-refractivity contribution is 5.60. The number of fused-ring (bicyclic) bond motifs is 2. The molecule has 0 radical (unpaired) electrons. The molecule has 2 unspecified atom stereocenters. The topological polar surface area (TPSA) is 84.1 Å². The second kappa shape index (κ2) is 6.26. The summed E-state index contributed by atoms with van der Waals surface area (Å²) < 4.78 is 38.1. The van der Waals surface area contributed by atoms with E-state index in [4.69, 9.17) is 15.7 Å². The average molecular weight is 417 g/mol. The second-order valence-corrected chi connectivity index (χ2v) is 9.11. The van der Waals surface area contributed by atoms with E-state index in [9.17, 15) is 13.2 Å². The Morgan fingerprint density at radius 2 is 1.73 bits per heavy atom. The maximum Gasteiger partial charge on any atom is 0.401 e. The first-order valence-corrected chi connectivity index (χ1v) is 10.4. The summed E-state index contributed by atoms with van der Waals surface area (Å²) >= 11 is 0. The number of piperidine rings is 1. The van der Waals surface area contributed by atoms with Crippen LogP contribution >= 0.6 is 0 Å². The number of anilines is 2. The fourth-order valence-corrected chi connectivity index (χ4v) is 5.58. The van der Waals surface area contributed by atoms with Gasteiger partial charge < -0.3 is 10.6 Å². The number of nitrogens with two attached hydrogens (primary N) is 1. The van der Waals surface area contributed by atoms with Gasteiger partial charge in [0.05, 0.1) is 17.9 Å². The van der Waals surface area contributed by atoms with E-state index in [2.05, 4.69) is 14.9 Å². The molecule has 0 spiro atoms. The molecular weight excluding hydrogens is 395 g/mol. The maximum absolute atomic E-state index is 12.7. The first-order chi connectivity index (χ1) is 14.3. The quantitative estimate of drug-likeness (QED) is 0.817. The third kappa shape index (κ3) is 3.08. The van der Waals surface area contributed by atoms with Crippen molar-refractivity contribution in [3.8, 4) is 11.3 Å². The van der Waals surface area contributed by atoms with Gasteiger partial charge in [0.2, 0.25) is 11.9 Å². The van der Waals surface area contributed by atoms with Crippen LogP contribution in [0.3, 0.4) is 0 Å². The smallest absolute Gasteiger partial charge is 0.368 e. The SMILES string of the molecule is Nc1ncc(-c2cc(C3C4CN(CC(F)(F)F)CC43)nc(N3CC4CC3C4)n2)cn1. The highest BCUT2D eigenvalue weighted by atomic mass is 19.4. The molecule has 2 atom stereocenters. The Labute approximate surface area is 171 Å². The molecule has 0 amide bonds. The molecule has 2 aromatic heterocycles. The third-order valence-corrected chi connectivity index (χ3v) is 7.08. The monoisotopic (exact) mass is 417 g/mol. The molecule has 2 aromatic rings. The number of likely N-dealkylation sites (tertiary alicyclic amines) is 1. The van der Waals surface area contributed by atoms with Gasteiger partial charge >= 0.3 is 6.18 Å². The van der Waals surface area contributed by atoms with Gasteiger partial charge in [-0.3, -0.25) is 4.90 Å². The van der Waals surface area contributed by atoms with Crippen LogP contribution in [0.1, 0.15) is 24.5 Å². The Hall–Kier alpha value is -2.49. The lowest BCUT2D eigenvalue weighted by molar-refractivity contribution is -0.144. The predicted octanol–water partition coefficient (Wildman–Crippen LogP) is 2.32. The summed E-state index contributed by atoms with van der Waals surface area (Å²) in [6.07, 6.45) is 1.54. The van der Waals surface area contributed by atoms with Crippen LogP contribution in [0.4, 0.5) is 25.1 Å². The Kier molecular flexibility index (Phi) is 3.82. The highest BCUT2D eigenvalue weighted by Crippen LogP contribution is 2.58. The van der Waals surface area contributed by atoms with Gasteiger partial charge in [0, 0.05) is 49.6 Å². The number of hydrogen-bond acceptors (Lipinski definition) is 7. The van der Waals surface area contributed by atoms with Crippen molar-refractivity contribution in [2.45, 2.75) is 31.0 Å². The molecule has 3 aliphatic heterocycles. The number of nitrogens with zero attached hydrogens (tertiary/aromatic N) is 6. The summed E-state index contributed by atoms with van der Waals surface area (Å²) in [6.45, 7) is 1.10. The van der Waals surface area contributed by atoms with Crippen LogP contribution in [0.2, 0.25) is 0 Å². The van der Waals surface area contributed by atoms with E-state index in [1.54, 1.807) is 12.4 Å². The van der Waals surface area contributed by atoms with Crippen molar-refractivity contribution in [3.05, 3.63) is 24.2 Å². The first kappa shape index (κ1) is 18.3. The van der Waals surface area contributed by atoms with Crippen LogP contribution in [0.25, 0.3) is 11.3 Å². The first-order valence-electron chi connectivity index (χ1n) is 10.4. The van der Waals surface area contributed by atoms with Crippen molar-refractivity contribution >= 4 is 11.9 Å². The van der Waals surface area contributed by atoms with E-state index < -0.39 is 12.7 Å². The lowest BCUT2D eigenvalue weighted by Crippen LogP contribution is -2.34. The average Bonchev–Trinajstić information content (AvgIpc) is 3.06. The van der Waals surface area contributed by atoms with Crippen molar-refractivity contribution in [2.75, 3.05) is 36.8 Å². The molecule has 0 aromatic carbocycles. The summed E-state index contributed by atoms with van der Waals surface area (Å²) in [5.41, 5.74) is 8.06. The molecule has 2 bridgehead atoms. The molecule has 5 heterocycles. The molecule has 7 rings (SSSR count). The summed E-state index contributed by atoms with van der Waals surface area (Å²) in [5, 5.41) is 0. The normalized spacial score (nSPS) is 32.2. The fourth-order valence-electron chi connectivity index (χ4n) is 5.58. The minimum absolute atomic E-state index is 0.197. The largest absolute Gasteiger partial charge is 0.401 e. The van der Waals surface area contributed by atoms with Gasteiger partial charge in [-0.15, -0.1) is 0 Å². The molecule has 5 fully saturated rings. The van der Waals surface area contributed by atoms with Gasteiger partial charge in [-0.1, -0.05) is 0 Å². The Balaban J connectivity index is 1.29. The number of rotatable bonds is 4. The zero-order valence-electron chi connectivity index (χ0n) is 16.3. The number of hydrogen-bond donors (Lipinski definition) is 1. The number of alkyl halides is 3. The van der Waals surface area contributed by atoms with Crippen LogP contribution in [0, 0.1) is 17.8 Å². The molecular formula is C20H22F3N7. The van der Waals surface area contributed by atoms with Crippen LogP contribution < -0.4 is 10.6 Å². The molecule has 30 heavy (non-hydrogen) atoms. The molecule has 10 heteroatoms. The van der Waals surface area contributed by atoms with Gasteiger partial charge in [-0.25, -0.2) is 19.9 Å². The molecule has 3 saturated heterocycles. The molecule has 2 aliphatic carbocycles. The molecule has 2 N–H and O–H groups in total. The Morgan fingerprint density at radius 3 is 2.33 bits per heavy atom. The molecule has 158 valence electrons. The standard InChI is InChI=1S/C20H22F3N7/c21-20(22,23)9-29-7-13-14(8-29)17(13)16-3-15(11-4-25-18(24)26-5-11)27-19(28-16)30-6-10-1-12(30)2-10/h3-5,10,12-14,17H,1-2,6-9H2,(H2,24,25,26). The van der Waals surface area contributed by atoms with E-state index in [0.717, 1.165) is 35.4 Å². The minimum Gasteiger partial charge on any atom is -0.368 e. The number of halogens is 3. The van der Waals surface area contributed by atoms with Crippen molar-refractivity contribution in [1.82, 2.24) is 24.8 Å². The maximum atomic E-state index is 12.7. The summed E-state index contributed by atoms with van der Waals surface area (Å²) in [4.78, 5) is 21.6. The summed E-state index contributed by atoms with van der Waals surface area (Å²) in [6, 6.07) is 2.46. The minimum atomic E-state index is -4.15. The number of nitrogen functional groups attached to an aromatic ring is 1. The highest BCUT2D eigenvalue weighted by Gasteiger charge is 2.58. The zero-order valence-corrected chi connectivity index (χ0v) is 16.3.